The molecule has 94 valence electrons. The summed E-state index contributed by atoms with van der Waals surface area (Å²) < 4.78 is 2.09. The molecule has 2 aromatic heterocycles. The second-order valence-electron chi connectivity index (χ2n) is 4.91. The quantitative estimate of drug-likeness (QED) is 0.877. The maximum Gasteiger partial charge on any atom is 0.0733 e. The van der Waals surface area contributed by atoms with E-state index in [9.17, 15) is 0 Å². The average Bonchev–Trinajstić information content (AvgIpc) is 2.90. The molecule has 2 aromatic rings. The van der Waals surface area contributed by atoms with Crippen LogP contribution in [0.1, 0.15) is 24.4 Å². The van der Waals surface area contributed by atoms with Crippen molar-refractivity contribution in [2.24, 2.45) is 0 Å². The monoisotopic (exact) mass is 242 g/mol. The maximum atomic E-state index is 4.49. The Balaban J connectivity index is 1.82. The predicted molar refractivity (Wildman–Crippen MR) is 71.3 cm³/mol. The van der Waals surface area contributed by atoms with Crippen LogP contribution in [0.2, 0.25) is 0 Å². The summed E-state index contributed by atoms with van der Waals surface area (Å²) in [6.07, 6.45) is 8.25. The highest BCUT2D eigenvalue weighted by Crippen LogP contribution is 2.22. The zero-order valence-corrected chi connectivity index (χ0v) is 10.6. The molecule has 0 amide bonds. The van der Waals surface area contributed by atoms with Gasteiger partial charge in [0, 0.05) is 18.0 Å². The number of nitrogens with zero attached hydrogens (tertiary/aromatic N) is 3. The second kappa shape index (κ2) is 4.90. The second-order valence-corrected chi connectivity index (χ2v) is 4.91. The molecule has 3 heterocycles. The Morgan fingerprint density at radius 2 is 2.06 bits per heavy atom. The third-order valence-corrected chi connectivity index (χ3v) is 3.49. The SMILES string of the molecule is Cc1ccc(-c2cnn(C3CCNCC3)c2)nc1. The van der Waals surface area contributed by atoms with E-state index >= 15 is 0 Å². The van der Waals surface area contributed by atoms with Gasteiger partial charge in [-0.2, -0.15) is 5.10 Å². The van der Waals surface area contributed by atoms with Gasteiger partial charge in [0.25, 0.3) is 0 Å². The molecule has 1 fully saturated rings. The molecule has 0 bridgehead atoms. The van der Waals surface area contributed by atoms with Crippen LogP contribution >= 0.6 is 0 Å². The molecule has 0 unspecified atom stereocenters. The molecular formula is C14H18N4. The lowest BCUT2D eigenvalue weighted by atomic mass is 10.1. The molecule has 0 radical (unpaired) electrons. The van der Waals surface area contributed by atoms with E-state index in [2.05, 4.69) is 45.3 Å². The van der Waals surface area contributed by atoms with Crippen LogP contribution in [0.25, 0.3) is 11.3 Å². The average molecular weight is 242 g/mol. The Labute approximate surface area is 107 Å². The summed E-state index contributed by atoms with van der Waals surface area (Å²) in [5, 5.41) is 7.86. The Bertz CT molecular complexity index is 509. The molecular weight excluding hydrogens is 224 g/mol. The highest BCUT2D eigenvalue weighted by atomic mass is 15.3. The standard InChI is InChI=1S/C14H18N4/c1-11-2-3-14(16-8-11)12-9-17-18(10-12)13-4-6-15-7-5-13/h2-3,8-10,13,15H,4-7H2,1H3. The van der Waals surface area contributed by atoms with Crippen molar-refractivity contribution in [3.8, 4) is 11.3 Å². The summed E-state index contributed by atoms with van der Waals surface area (Å²) in [7, 11) is 0. The van der Waals surface area contributed by atoms with Crippen molar-refractivity contribution >= 4 is 0 Å². The van der Waals surface area contributed by atoms with E-state index in [0.717, 1.165) is 37.2 Å². The molecule has 1 aliphatic heterocycles. The highest BCUT2D eigenvalue weighted by molar-refractivity contribution is 5.56. The number of pyridine rings is 1. The van der Waals surface area contributed by atoms with Crippen molar-refractivity contribution < 1.29 is 0 Å². The molecule has 18 heavy (non-hydrogen) atoms. The van der Waals surface area contributed by atoms with E-state index in [0.29, 0.717) is 6.04 Å². The van der Waals surface area contributed by atoms with Gasteiger partial charge in [-0.25, -0.2) is 0 Å². The zero-order valence-electron chi connectivity index (χ0n) is 10.6. The van der Waals surface area contributed by atoms with Crippen LogP contribution in [0.3, 0.4) is 0 Å². The first-order valence-corrected chi connectivity index (χ1v) is 6.51. The third kappa shape index (κ3) is 2.29. The van der Waals surface area contributed by atoms with Gasteiger partial charge >= 0.3 is 0 Å². The first kappa shape index (κ1) is 11.4. The van der Waals surface area contributed by atoms with Gasteiger partial charge in [0.15, 0.2) is 0 Å². The van der Waals surface area contributed by atoms with E-state index in [4.69, 9.17) is 0 Å². The third-order valence-electron chi connectivity index (χ3n) is 3.49. The van der Waals surface area contributed by atoms with Crippen LogP contribution in [0.15, 0.2) is 30.7 Å². The highest BCUT2D eigenvalue weighted by Gasteiger charge is 2.16. The fourth-order valence-electron chi connectivity index (χ4n) is 2.38. The van der Waals surface area contributed by atoms with E-state index < -0.39 is 0 Å². The number of hydrogen-bond acceptors (Lipinski definition) is 3. The first-order valence-electron chi connectivity index (χ1n) is 6.51. The van der Waals surface area contributed by atoms with Gasteiger partial charge in [-0.3, -0.25) is 9.67 Å². The first-order chi connectivity index (χ1) is 8.83. The Hall–Kier alpha value is -1.68. The van der Waals surface area contributed by atoms with Gasteiger partial charge in [0.2, 0.25) is 0 Å². The van der Waals surface area contributed by atoms with Crippen LogP contribution in [-0.4, -0.2) is 27.9 Å². The van der Waals surface area contributed by atoms with Crippen LogP contribution in [-0.2, 0) is 0 Å². The number of aryl methyl sites for hydroxylation is 1. The molecule has 0 saturated carbocycles. The molecule has 1 saturated heterocycles. The van der Waals surface area contributed by atoms with E-state index in [-0.39, 0.29) is 0 Å². The maximum absolute atomic E-state index is 4.49. The number of piperidine rings is 1. The smallest absolute Gasteiger partial charge is 0.0733 e. The fraction of sp³-hybridized carbons (Fsp3) is 0.429. The van der Waals surface area contributed by atoms with Crippen molar-refractivity contribution in [1.82, 2.24) is 20.1 Å². The zero-order chi connectivity index (χ0) is 12.4. The van der Waals surface area contributed by atoms with Crippen molar-refractivity contribution in [1.29, 1.82) is 0 Å². The lowest BCUT2D eigenvalue weighted by molar-refractivity contribution is 0.343. The van der Waals surface area contributed by atoms with Crippen LogP contribution in [0.5, 0.6) is 0 Å². The summed E-state index contributed by atoms with van der Waals surface area (Å²) >= 11 is 0. The van der Waals surface area contributed by atoms with E-state index in [1.165, 1.54) is 5.56 Å². The number of aromatic nitrogens is 3. The van der Waals surface area contributed by atoms with Crippen molar-refractivity contribution in [3.63, 3.8) is 0 Å². The number of rotatable bonds is 2. The lowest BCUT2D eigenvalue weighted by Crippen LogP contribution is -2.29. The summed E-state index contributed by atoms with van der Waals surface area (Å²) in [5.41, 5.74) is 3.29. The van der Waals surface area contributed by atoms with Crippen LogP contribution in [0.4, 0.5) is 0 Å². The van der Waals surface area contributed by atoms with Crippen molar-refractivity contribution in [3.05, 3.63) is 36.3 Å². The molecule has 0 atom stereocenters. The fourth-order valence-corrected chi connectivity index (χ4v) is 2.38. The summed E-state index contributed by atoms with van der Waals surface area (Å²) in [6.45, 7) is 4.22. The molecule has 0 aliphatic carbocycles. The van der Waals surface area contributed by atoms with Gasteiger partial charge in [0.05, 0.1) is 17.9 Å². The summed E-state index contributed by atoms with van der Waals surface area (Å²) in [5.74, 6) is 0. The van der Waals surface area contributed by atoms with Gasteiger partial charge in [-0.05, 0) is 44.5 Å². The summed E-state index contributed by atoms with van der Waals surface area (Å²) in [4.78, 5) is 4.44. The van der Waals surface area contributed by atoms with Gasteiger partial charge < -0.3 is 5.32 Å². The van der Waals surface area contributed by atoms with E-state index in [1.807, 2.05) is 12.4 Å². The van der Waals surface area contributed by atoms with Gasteiger partial charge in [-0.1, -0.05) is 6.07 Å². The minimum absolute atomic E-state index is 0.533. The van der Waals surface area contributed by atoms with Crippen LogP contribution in [0, 0.1) is 6.92 Å². The molecule has 4 heteroatoms. The van der Waals surface area contributed by atoms with Gasteiger partial charge in [-0.15, -0.1) is 0 Å². The normalized spacial score (nSPS) is 16.9. The largest absolute Gasteiger partial charge is 0.317 e. The van der Waals surface area contributed by atoms with Crippen molar-refractivity contribution in [2.75, 3.05) is 13.1 Å². The van der Waals surface area contributed by atoms with E-state index in [1.54, 1.807) is 0 Å². The molecule has 1 N–H and O–H groups in total. The lowest BCUT2D eigenvalue weighted by Gasteiger charge is -2.22. The Kier molecular flexibility index (Phi) is 3.11. The van der Waals surface area contributed by atoms with Crippen LogP contribution < -0.4 is 5.32 Å². The topological polar surface area (TPSA) is 42.7 Å². The molecule has 3 rings (SSSR count). The van der Waals surface area contributed by atoms with Crippen molar-refractivity contribution in [2.45, 2.75) is 25.8 Å². The Morgan fingerprint density at radius 3 is 2.78 bits per heavy atom. The minimum Gasteiger partial charge on any atom is -0.317 e. The van der Waals surface area contributed by atoms with Gasteiger partial charge in [0.1, 0.15) is 0 Å². The molecule has 0 spiro atoms. The molecule has 4 nitrogen and oxygen atoms in total. The minimum atomic E-state index is 0.533. The Morgan fingerprint density at radius 1 is 1.22 bits per heavy atom. The number of hydrogen-bond donors (Lipinski definition) is 1. The molecule has 1 aliphatic rings. The predicted octanol–water partition coefficient (Wildman–Crippen LogP) is 2.18. The number of nitrogens with one attached hydrogen (secondary N) is 1. The summed E-state index contributed by atoms with van der Waals surface area (Å²) in [6, 6.07) is 4.67. The molecule has 0 aromatic carbocycles.